The Hall–Kier alpha value is -3.77. The number of nitrogens with one attached hydrogen (secondary N) is 2. The van der Waals surface area contributed by atoms with Gasteiger partial charge in [-0.15, -0.1) is 0 Å². The number of carbonyl (C=O) groups is 1. The maximum atomic E-state index is 14.4. The number of H-pyrrole nitrogens is 1. The molecule has 1 amide bonds. The number of amides is 1. The van der Waals surface area contributed by atoms with E-state index in [9.17, 15) is 17.6 Å². The van der Waals surface area contributed by atoms with Crippen molar-refractivity contribution in [1.29, 1.82) is 0 Å². The number of aryl methyl sites for hydroxylation is 1. The number of ether oxygens (including phenoxy) is 1. The summed E-state index contributed by atoms with van der Waals surface area (Å²) in [4.78, 5) is 12.7. The number of benzene rings is 2. The maximum absolute atomic E-state index is 14.4. The molecule has 0 saturated heterocycles. The van der Waals surface area contributed by atoms with Crippen LogP contribution in [-0.4, -0.2) is 59.8 Å². The zero-order valence-corrected chi connectivity index (χ0v) is 19.8. The molecular formula is C22H23FN6O4S. The molecule has 0 radical (unpaired) electrons. The molecule has 0 aliphatic heterocycles. The van der Waals surface area contributed by atoms with E-state index in [1.807, 2.05) is 24.3 Å². The van der Waals surface area contributed by atoms with E-state index in [0.29, 0.717) is 29.0 Å². The van der Waals surface area contributed by atoms with E-state index in [1.165, 1.54) is 14.1 Å². The molecule has 34 heavy (non-hydrogen) atoms. The summed E-state index contributed by atoms with van der Waals surface area (Å²) in [5, 5.41) is 14.7. The molecule has 0 aliphatic rings. The monoisotopic (exact) mass is 486 g/mol. The van der Waals surface area contributed by atoms with E-state index in [-0.39, 0.29) is 10.7 Å². The molecule has 4 rings (SSSR count). The van der Waals surface area contributed by atoms with Gasteiger partial charge in [-0.2, -0.15) is 10.2 Å². The van der Waals surface area contributed by atoms with Crippen molar-refractivity contribution in [3.8, 4) is 5.75 Å². The maximum Gasteiger partial charge on any atom is 0.259 e. The van der Waals surface area contributed by atoms with Crippen molar-refractivity contribution < 1.29 is 22.3 Å². The van der Waals surface area contributed by atoms with E-state index >= 15 is 0 Å². The lowest BCUT2D eigenvalue weighted by Crippen LogP contribution is -2.23. The first kappa shape index (κ1) is 23.4. The molecule has 178 valence electrons. The van der Waals surface area contributed by atoms with Gasteiger partial charge in [-0.3, -0.25) is 9.89 Å². The minimum Gasteiger partial charge on any atom is -0.497 e. The number of rotatable bonds is 7. The van der Waals surface area contributed by atoms with Crippen molar-refractivity contribution in [1.82, 2.24) is 24.3 Å². The van der Waals surface area contributed by atoms with Crippen LogP contribution < -0.4 is 10.1 Å². The lowest BCUT2D eigenvalue weighted by Gasteiger charge is -2.12. The normalized spacial score (nSPS) is 11.8. The van der Waals surface area contributed by atoms with Crippen LogP contribution in [0, 0.1) is 12.7 Å². The minimum absolute atomic E-state index is 0.193. The van der Waals surface area contributed by atoms with E-state index in [1.54, 1.807) is 18.7 Å². The summed E-state index contributed by atoms with van der Waals surface area (Å²) in [5.74, 6) is -0.724. The second-order valence-corrected chi connectivity index (χ2v) is 9.93. The molecule has 2 aromatic heterocycles. The summed E-state index contributed by atoms with van der Waals surface area (Å²) in [5.41, 5.74) is 1.64. The number of halogens is 1. The van der Waals surface area contributed by atoms with Gasteiger partial charge in [-0.25, -0.2) is 21.8 Å². The quantitative estimate of drug-likeness (QED) is 0.414. The molecule has 12 heteroatoms. The number of nitrogens with zero attached hydrogens (tertiary/aromatic N) is 4. The lowest BCUT2D eigenvalue weighted by molar-refractivity contribution is 0.102. The fourth-order valence-corrected chi connectivity index (χ4v) is 4.44. The number of hydrogen-bond donors (Lipinski definition) is 2. The molecule has 2 aromatic carbocycles. The molecule has 0 unspecified atom stereocenters. The van der Waals surface area contributed by atoms with E-state index in [4.69, 9.17) is 4.74 Å². The average molecular weight is 487 g/mol. The average Bonchev–Trinajstić information content (AvgIpc) is 3.35. The zero-order chi connectivity index (χ0) is 24.6. The van der Waals surface area contributed by atoms with Gasteiger partial charge >= 0.3 is 0 Å². The number of anilines is 1. The Balaban J connectivity index is 1.64. The van der Waals surface area contributed by atoms with Gasteiger partial charge in [0, 0.05) is 14.1 Å². The smallest absolute Gasteiger partial charge is 0.259 e. The molecule has 0 spiro atoms. The minimum atomic E-state index is -3.84. The van der Waals surface area contributed by atoms with Gasteiger partial charge in [-0.05, 0) is 42.8 Å². The van der Waals surface area contributed by atoms with Crippen LogP contribution in [0.4, 0.5) is 10.2 Å². The van der Waals surface area contributed by atoms with Gasteiger partial charge in [0.2, 0.25) is 10.0 Å². The Kier molecular flexibility index (Phi) is 6.11. The third-order valence-corrected chi connectivity index (χ3v) is 7.10. The molecule has 10 nitrogen and oxygen atoms in total. The van der Waals surface area contributed by atoms with Gasteiger partial charge < -0.3 is 10.1 Å². The number of aromatic nitrogens is 4. The van der Waals surface area contributed by atoms with E-state index in [0.717, 1.165) is 28.1 Å². The Labute approximate surface area is 195 Å². The largest absolute Gasteiger partial charge is 0.497 e. The van der Waals surface area contributed by atoms with Crippen LogP contribution in [0.15, 0.2) is 47.4 Å². The summed E-state index contributed by atoms with van der Waals surface area (Å²) in [7, 11) is 0.455. The topological polar surface area (TPSA) is 122 Å². The van der Waals surface area contributed by atoms with Crippen molar-refractivity contribution in [3.05, 3.63) is 65.1 Å². The molecule has 0 bridgehead atoms. The zero-order valence-electron chi connectivity index (χ0n) is 19.0. The highest BCUT2D eigenvalue weighted by Crippen LogP contribution is 2.26. The molecule has 4 aromatic rings. The van der Waals surface area contributed by atoms with E-state index < -0.39 is 27.3 Å². The summed E-state index contributed by atoms with van der Waals surface area (Å²) >= 11 is 0. The molecule has 2 N–H and O–H groups in total. The first-order valence-corrected chi connectivity index (χ1v) is 11.6. The van der Waals surface area contributed by atoms with Crippen LogP contribution in [0.5, 0.6) is 5.75 Å². The highest BCUT2D eigenvalue weighted by Gasteiger charge is 2.23. The van der Waals surface area contributed by atoms with Crippen LogP contribution in [0.25, 0.3) is 11.0 Å². The van der Waals surface area contributed by atoms with Gasteiger partial charge in [0.1, 0.15) is 17.4 Å². The molecule has 0 saturated carbocycles. The SMILES string of the molecule is COc1cccc(Cn2nc(C)c3c(NC(=O)c4cc(S(=O)(=O)N(C)C)ccc4F)[nH]nc32)c1. The van der Waals surface area contributed by atoms with Crippen LogP contribution in [0.3, 0.4) is 0 Å². The van der Waals surface area contributed by atoms with Gasteiger partial charge in [-0.1, -0.05) is 12.1 Å². The second-order valence-electron chi connectivity index (χ2n) is 7.78. The standard InChI is InChI=1S/C22H23FN6O4S/c1-13-19-20(24-22(30)17-11-16(8-9-18(17)23)34(31,32)28(2)3)25-26-21(19)29(27-13)12-14-6-5-7-15(10-14)33-4/h5-11H,12H2,1-4H3,(H2,24,25,26,30). The third-order valence-electron chi connectivity index (χ3n) is 5.29. The fourth-order valence-electron chi connectivity index (χ4n) is 3.52. The molecule has 0 fully saturated rings. The van der Waals surface area contributed by atoms with Crippen LogP contribution in [-0.2, 0) is 16.6 Å². The molecule has 2 heterocycles. The highest BCUT2D eigenvalue weighted by atomic mass is 32.2. The number of fused-ring (bicyclic) bond motifs is 1. The van der Waals surface area contributed by atoms with Crippen LogP contribution >= 0.6 is 0 Å². The van der Waals surface area contributed by atoms with Gasteiger partial charge in [0.15, 0.2) is 5.65 Å². The Morgan fingerprint density at radius 1 is 1.24 bits per heavy atom. The first-order valence-electron chi connectivity index (χ1n) is 10.2. The van der Waals surface area contributed by atoms with Crippen LogP contribution in [0.1, 0.15) is 21.6 Å². The number of sulfonamides is 1. The lowest BCUT2D eigenvalue weighted by atomic mass is 10.2. The number of aromatic amines is 1. The number of carbonyl (C=O) groups excluding carboxylic acids is 1. The number of methoxy groups -OCH3 is 1. The number of hydrogen-bond acceptors (Lipinski definition) is 6. The van der Waals surface area contributed by atoms with Crippen molar-refractivity contribution in [2.24, 2.45) is 0 Å². The third kappa shape index (κ3) is 4.24. The summed E-state index contributed by atoms with van der Waals surface area (Å²) < 4.78 is 47.1. The fraction of sp³-hybridized carbons (Fsp3) is 0.227. The summed E-state index contributed by atoms with van der Waals surface area (Å²) in [6, 6.07) is 10.6. The van der Waals surface area contributed by atoms with Gasteiger partial charge in [0.25, 0.3) is 5.91 Å². The molecule has 0 aliphatic carbocycles. The predicted octanol–water partition coefficient (Wildman–Crippen LogP) is 2.77. The Morgan fingerprint density at radius 3 is 2.71 bits per heavy atom. The Bertz CT molecular complexity index is 1490. The second kappa shape index (κ2) is 8.88. The molecule has 0 atom stereocenters. The first-order chi connectivity index (χ1) is 16.1. The Morgan fingerprint density at radius 2 is 2.00 bits per heavy atom. The van der Waals surface area contributed by atoms with Crippen molar-refractivity contribution >= 4 is 32.8 Å². The van der Waals surface area contributed by atoms with Gasteiger partial charge in [0.05, 0.1) is 35.2 Å². The van der Waals surface area contributed by atoms with Crippen molar-refractivity contribution in [2.75, 3.05) is 26.5 Å². The van der Waals surface area contributed by atoms with E-state index in [2.05, 4.69) is 20.6 Å². The van der Waals surface area contributed by atoms with Crippen molar-refractivity contribution in [2.45, 2.75) is 18.4 Å². The predicted molar refractivity (Wildman–Crippen MR) is 124 cm³/mol. The van der Waals surface area contributed by atoms with Crippen molar-refractivity contribution in [3.63, 3.8) is 0 Å². The van der Waals surface area contributed by atoms with Crippen LogP contribution in [0.2, 0.25) is 0 Å². The summed E-state index contributed by atoms with van der Waals surface area (Å²) in [6.45, 7) is 2.18. The summed E-state index contributed by atoms with van der Waals surface area (Å²) in [6.07, 6.45) is 0. The molecular weight excluding hydrogens is 463 g/mol. The highest BCUT2D eigenvalue weighted by molar-refractivity contribution is 7.89.